The third-order valence-electron chi connectivity index (χ3n) is 5.15. The molecule has 7 heteroatoms. The lowest BCUT2D eigenvalue weighted by molar-refractivity contribution is -0.112. The van der Waals surface area contributed by atoms with E-state index in [4.69, 9.17) is 0 Å². The van der Waals surface area contributed by atoms with Crippen LogP contribution in [0.4, 0.5) is 5.69 Å². The van der Waals surface area contributed by atoms with Crippen LogP contribution >= 0.6 is 27.7 Å². The first-order valence-corrected chi connectivity index (χ1v) is 12.9. The van der Waals surface area contributed by atoms with Gasteiger partial charge in [-0.05, 0) is 72.5 Å². The summed E-state index contributed by atoms with van der Waals surface area (Å²) in [4.78, 5) is 14.2. The number of hydrogen-bond acceptors (Lipinski definition) is 4. The summed E-state index contributed by atoms with van der Waals surface area (Å²) in [7, 11) is -3.56. The fourth-order valence-corrected chi connectivity index (χ4v) is 6.16. The number of hydrogen-bond donors (Lipinski definition) is 1. The first-order valence-electron chi connectivity index (χ1n) is 9.61. The Balaban J connectivity index is 1.62. The fraction of sp³-hybridized carbons (Fsp3) is 0.125. The summed E-state index contributed by atoms with van der Waals surface area (Å²) in [6.07, 6.45) is 1.82. The van der Waals surface area contributed by atoms with Crippen LogP contribution in [0.1, 0.15) is 22.3 Å². The van der Waals surface area contributed by atoms with Crippen LogP contribution in [0.25, 0.3) is 6.08 Å². The number of sulfone groups is 1. The number of nitrogens with one attached hydrogen (secondary N) is 1. The van der Waals surface area contributed by atoms with Crippen LogP contribution in [0, 0.1) is 13.8 Å². The van der Waals surface area contributed by atoms with Crippen molar-refractivity contribution in [2.45, 2.75) is 29.4 Å². The minimum absolute atomic E-state index is 0.0693. The van der Waals surface area contributed by atoms with Crippen molar-refractivity contribution >= 4 is 55.2 Å². The zero-order valence-electron chi connectivity index (χ0n) is 17.0. The average molecular weight is 514 g/mol. The van der Waals surface area contributed by atoms with Gasteiger partial charge in [0.15, 0.2) is 9.84 Å². The highest BCUT2D eigenvalue weighted by Gasteiger charge is 2.24. The number of benzene rings is 3. The summed E-state index contributed by atoms with van der Waals surface area (Å²) in [5.74, 6) is -0.315. The van der Waals surface area contributed by atoms with E-state index in [1.54, 1.807) is 18.2 Å². The summed E-state index contributed by atoms with van der Waals surface area (Å²) in [6, 6.07) is 18.4. The van der Waals surface area contributed by atoms with E-state index in [-0.39, 0.29) is 16.6 Å². The van der Waals surface area contributed by atoms with Crippen LogP contribution in [0.5, 0.6) is 0 Å². The highest BCUT2D eigenvalue weighted by molar-refractivity contribution is 9.10. The van der Waals surface area contributed by atoms with Gasteiger partial charge < -0.3 is 5.32 Å². The molecule has 0 fully saturated rings. The number of carbonyl (C=O) groups is 1. The SMILES string of the molecule is Cc1cccc(C)c1CS(=O)(=O)c1ccc2c(c1)NC(=O)/C(=C\c1ccc(Br)cc1)S2. The zero-order valence-corrected chi connectivity index (χ0v) is 20.2. The van der Waals surface area contributed by atoms with Gasteiger partial charge in [0.05, 0.1) is 21.2 Å². The Hall–Kier alpha value is -2.35. The topological polar surface area (TPSA) is 63.2 Å². The summed E-state index contributed by atoms with van der Waals surface area (Å²) in [5, 5.41) is 2.84. The Morgan fingerprint density at radius 1 is 1.00 bits per heavy atom. The Kier molecular flexibility index (Phi) is 6.10. The van der Waals surface area contributed by atoms with Gasteiger partial charge in [0.1, 0.15) is 0 Å². The molecule has 0 saturated heterocycles. The Morgan fingerprint density at radius 2 is 1.68 bits per heavy atom. The maximum absolute atomic E-state index is 13.1. The molecule has 4 nitrogen and oxygen atoms in total. The first kappa shape index (κ1) is 21.9. The van der Waals surface area contributed by atoms with Crippen molar-refractivity contribution in [3.05, 3.63) is 92.3 Å². The second-order valence-corrected chi connectivity index (χ2v) is 11.4. The number of amides is 1. The normalized spacial score (nSPS) is 14.9. The van der Waals surface area contributed by atoms with Crippen LogP contribution in [-0.2, 0) is 20.4 Å². The molecule has 3 aromatic rings. The van der Waals surface area contributed by atoms with Crippen molar-refractivity contribution in [1.29, 1.82) is 0 Å². The van der Waals surface area contributed by atoms with Crippen molar-refractivity contribution in [3.8, 4) is 0 Å². The number of rotatable bonds is 4. The van der Waals surface area contributed by atoms with Gasteiger partial charge in [0, 0.05) is 9.37 Å². The van der Waals surface area contributed by atoms with E-state index in [1.165, 1.54) is 11.8 Å². The molecule has 0 spiro atoms. The first-order chi connectivity index (χ1) is 14.7. The monoisotopic (exact) mass is 513 g/mol. The molecule has 31 heavy (non-hydrogen) atoms. The zero-order chi connectivity index (χ0) is 22.2. The molecule has 1 N–H and O–H groups in total. The highest BCUT2D eigenvalue weighted by Crippen LogP contribution is 2.40. The van der Waals surface area contributed by atoms with Gasteiger partial charge in [0.2, 0.25) is 0 Å². The van der Waals surface area contributed by atoms with Crippen LogP contribution in [0.3, 0.4) is 0 Å². The number of anilines is 1. The molecule has 0 atom stereocenters. The van der Waals surface area contributed by atoms with E-state index in [0.717, 1.165) is 31.6 Å². The van der Waals surface area contributed by atoms with E-state index in [9.17, 15) is 13.2 Å². The summed E-state index contributed by atoms with van der Waals surface area (Å²) in [6.45, 7) is 3.84. The Labute approximate surface area is 194 Å². The molecule has 0 bridgehead atoms. The highest BCUT2D eigenvalue weighted by atomic mass is 79.9. The van der Waals surface area contributed by atoms with Crippen molar-refractivity contribution in [3.63, 3.8) is 0 Å². The third-order valence-corrected chi connectivity index (χ3v) is 8.42. The number of halogens is 1. The number of carbonyl (C=O) groups excluding carboxylic acids is 1. The predicted octanol–water partition coefficient (Wildman–Crippen LogP) is 6.13. The summed E-state index contributed by atoms with van der Waals surface area (Å²) >= 11 is 4.74. The molecule has 1 amide bonds. The molecule has 0 radical (unpaired) electrons. The Bertz CT molecular complexity index is 1290. The smallest absolute Gasteiger partial charge is 0.262 e. The van der Waals surface area contributed by atoms with Crippen LogP contribution in [0.15, 0.2) is 79.8 Å². The van der Waals surface area contributed by atoms with Crippen molar-refractivity contribution in [2.24, 2.45) is 0 Å². The second kappa shape index (κ2) is 8.65. The maximum atomic E-state index is 13.1. The van der Waals surface area contributed by atoms with Gasteiger partial charge in [-0.3, -0.25) is 4.79 Å². The van der Waals surface area contributed by atoms with Crippen LogP contribution in [0.2, 0.25) is 0 Å². The van der Waals surface area contributed by atoms with E-state index < -0.39 is 9.84 Å². The number of thioether (sulfide) groups is 1. The number of fused-ring (bicyclic) bond motifs is 1. The van der Waals surface area contributed by atoms with Crippen LogP contribution < -0.4 is 5.32 Å². The molecule has 0 aromatic heterocycles. The largest absolute Gasteiger partial charge is 0.320 e. The van der Waals surface area contributed by atoms with E-state index in [1.807, 2.05) is 62.4 Å². The second-order valence-electron chi connectivity index (χ2n) is 7.40. The summed E-state index contributed by atoms with van der Waals surface area (Å²) in [5.41, 5.74) is 4.15. The molecule has 1 aliphatic rings. The molecule has 3 aromatic carbocycles. The van der Waals surface area contributed by atoms with Crippen molar-refractivity contribution in [1.82, 2.24) is 0 Å². The number of aryl methyl sites for hydroxylation is 2. The maximum Gasteiger partial charge on any atom is 0.262 e. The molecule has 1 aliphatic heterocycles. The van der Waals surface area contributed by atoms with Gasteiger partial charge in [0.25, 0.3) is 5.91 Å². The molecule has 0 aliphatic carbocycles. The quantitative estimate of drug-likeness (QED) is 0.426. The lowest BCUT2D eigenvalue weighted by Gasteiger charge is -2.20. The lowest BCUT2D eigenvalue weighted by atomic mass is 10.1. The molecular weight excluding hydrogens is 494 g/mol. The van der Waals surface area contributed by atoms with Crippen molar-refractivity contribution in [2.75, 3.05) is 5.32 Å². The fourth-order valence-electron chi connectivity index (χ4n) is 3.39. The molecule has 158 valence electrons. The molecular formula is C24H20BrNO3S2. The molecule has 0 unspecified atom stereocenters. The Morgan fingerprint density at radius 3 is 2.35 bits per heavy atom. The molecule has 0 saturated carbocycles. The lowest BCUT2D eigenvalue weighted by Crippen LogP contribution is -2.18. The third kappa shape index (κ3) is 4.79. The van der Waals surface area contributed by atoms with Gasteiger partial charge in [-0.2, -0.15) is 0 Å². The predicted molar refractivity (Wildman–Crippen MR) is 130 cm³/mol. The van der Waals surface area contributed by atoms with Gasteiger partial charge in [-0.1, -0.05) is 58.0 Å². The summed E-state index contributed by atoms with van der Waals surface area (Å²) < 4.78 is 27.1. The van der Waals surface area contributed by atoms with E-state index >= 15 is 0 Å². The van der Waals surface area contributed by atoms with Crippen molar-refractivity contribution < 1.29 is 13.2 Å². The standard InChI is InChI=1S/C24H20BrNO3S2/c1-15-4-3-5-16(2)20(15)14-31(28,29)19-10-11-22-21(13-19)26-24(27)23(30-22)12-17-6-8-18(25)9-7-17/h3-13H,14H2,1-2H3,(H,26,27)/b23-12+. The minimum Gasteiger partial charge on any atom is -0.320 e. The van der Waals surface area contributed by atoms with Gasteiger partial charge in [-0.25, -0.2) is 8.42 Å². The van der Waals surface area contributed by atoms with Gasteiger partial charge >= 0.3 is 0 Å². The molecule has 1 heterocycles. The van der Waals surface area contributed by atoms with Gasteiger partial charge in [-0.15, -0.1) is 0 Å². The van der Waals surface area contributed by atoms with E-state index in [2.05, 4.69) is 21.2 Å². The van der Waals surface area contributed by atoms with Crippen LogP contribution in [-0.4, -0.2) is 14.3 Å². The molecule has 4 rings (SSSR count). The average Bonchev–Trinajstić information content (AvgIpc) is 2.72. The van der Waals surface area contributed by atoms with E-state index in [0.29, 0.717) is 10.6 Å². The minimum atomic E-state index is -3.56.